The van der Waals surface area contributed by atoms with Gasteiger partial charge < -0.3 is 15.0 Å². The Balaban J connectivity index is 1.70. The van der Waals surface area contributed by atoms with Crippen molar-refractivity contribution >= 4 is 27.5 Å². The molecule has 0 aliphatic heterocycles. The number of carbonyl (C=O) groups excluding carboxylic acids is 2. The van der Waals surface area contributed by atoms with E-state index in [1.165, 1.54) is 4.90 Å². The Bertz CT molecular complexity index is 1500. The Morgan fingerprint density at radius 1 is 0.929 bits per heavy atom. The first-order chi connectivity index (χ1) is 20.0. The number of hydrogen-bond acceptors (Lipinski definition) is 5. The predicted molar refractivity (Wildman–Crippen MR) is 165 cm³/mol. The number of benzene rings is 3. The van der Waals surface area contributed by atoms with Crippen molar-refractivity contribution in [2.45, 2.75) is 76.9 Å². The average Bonchev–Trinajstić information content (AvgIpc) is 3.49. The predicted octanol–water partition coefficient (Wildman–Crippen LogP) is 5.29. The topological polar surface area (TPSA) is 96.0 Å². The van der Waals surface area contributed by atoms with Crippen molar-refractivity contribution in [1.82, 2.24) is 10.2 Å². The minimum Gasteiger partial charge on any atom is -0.497 e. The van der Waals surface area contributed by atoms with E-state index >= 15 is 0 Å². The highest BCUT2D eigenvalue weighted by Gasteiger charge is 2.33. The van der Waals surface area contributed by atoms with Gasteiger partial charge >= 0.3 is 0 Å². The summed E-state index contributed by atoms with van der Waals surface area (Å²) in [7, 11) is -2.53. The van der Waals surface area contributed by atoms with E-state index in [2.05, 4.69) is 5.32 Å². The SMILES string of the molecule is COc1ccc(CN(C(=O)CN(c2ccc(C)c(C)c2)S(=O)(=O)c2ccc(C)cc2)[C@@H](C)C(=O)NC2CCCC2)cc1. The highest BCUT2D eigenvalue weighted by Crippen LogP contribution is 2.27. The van der Waals surface area contributed by atoms with Gasteiger partial charge in [0.05, 0.1) is 17.7 Å². The molecule has 3 aromatic rings. The maximum absolute atomic E-state index is 14.1. The molecule has 1 aliphatic carbocycles. The van der Waals surface area contributed by atoms with E-state index in [4.69, 9.17) is 4.74 Å². The molecule has 0 heterocycles. The van der Waals surface area contributed by atoms with Gasteiger partial charge in [-0.25, -0.2) is 8.42 Å². The van der Waals surface area contributed by atoms with Crippen LogP contribution in [0.25, 0.3) is 0 Å². The van der Waals surface area contributed by atoms with Crippen LogP contribution in [0.1, 0.15) is 54.9 Å². The third-order valence-corrected chi connectivity index (χ3v) is 9.84. The van der Waals surface area contributed by atoms with Gasteiger partial charge in [0.2, 0.25) is 11.8 Å². The Morgan fingerprint density at radius 2 is 1.57 bits per heavy atom. The number of carbonyl (C=O) groups is 2. The van der Waals surface area contributed by atoms with E-state index in [1.807, 2.05) is 39.0 Å². The number of ether oxygens (including phenoxy) is 1. The van der Waals surface area contributed by atoms with E-state index in [1.54, 1.807) is 62.6 Å². The van der Waals surface area contributed by atoms with Gasteiger partial charge in [-0.1, -0.05) is 48.7 Å². The van der Waals surface area contributed by atoms with Gasteiger partial charge in [0, 0.05) is 12.6 Å². The minimum absolute atomic E-state index is 0.0897. The number of hydrogen-bond donors (Lipinski definition) is 1. The molecular formula is C33H41N3O5S. The van der Waals surface area contributed by atoms with Gasteiger partial charge in [0.25, 0.3) is 10.0 Å². The summed E-state index contributed by atoms with van der Waals surface area (Å²) in [5, 5.41) is 3.09. The molecule has 9 heteroatoms. The maximum Gasteiger partial charge on any atom is 0.264 e. The van der Waals surface area contributed by atoms with Crippen LogP contribution in [-0.4, -0.2) is 50.9 Å². The standard InChI is InChI=1S/C33H41N3O5S/c1-23-10-18-31(19-11-23)42(39,40)36(29-15-12-24(2)25(3)20-29)22-32(37)35(21-27-13-16-30(41-5)17-14-27)26(4)33(38)34-28-8-6-7-9-28/h10-20,26,28H,6-9,21-22H2,1-5H3,(H,34,38)/t26-/m0/s1. The average molecular weight is 592 g/mol. The molecule has 2 amide bonds. The molecule has 0 unspecified atom stereocenters. The first kappa shape index (κ1) is 31.1. The summed E-state index contributed by atoms with van der Waals surface area (Å²) in [4.78, 5) is 29.1. The van der Waals surface area contributed by atoms with Crippen LogP contribution in [0.2, 0.25) is 0 Å². The lowest BCUT2D eigenvalue weighted by Crippen LogP contribution is -2.52. The second kappa shape index (κ2) is 13.4. The number of rotatable bonds is 11. The largest absolute Gasteiger partial charge is 0.497 e. The van der Waals surface area contributed by atoms with E-state index in [-0.39, 0.29) is 23.4 Å². The molecule has 1 N–H and O–H groups in total. The summed E-state index contributed by atoms with van der Waals surface area (Å²) < 4.78 is 34.5. The van der Waals surface area contributed by atoms with Crippen molar-refractivity contribution in [1.29, 1.82) is 0 Å². The minimum atomic E-state index is -4.11. The molecule has 4 rings (SSSR count). The Morgan fingerprint density at radius 3 is 2.17 bits per heavy atom. The van der Waals surface area contributed by atoms with Crippen molar-refractivity contribution in [3.05, 3.63) is 89.0 Å². The summed E-state index contributed by atoms with van der Waals surface area (Å²) >= 11 is 0. The second-order valence-corrected chi connectivity index (χ2v) is 13.0. The van der Waals surface area contributed by atoms with Gasteiger partial charge in [-0.15, -0.1) is 0 Å². The summed E-state index contributed by atoms with van der Waals surface area (Å²) in [6.45, 7) is 7.10. The zero-order valence-corrected chi connectivity index (χ0v) is 25.9. The number of anilines is 1. The number of nitrogens with zero attached hydrogens (tertiary/aromatic N) is 2. The molecule has 0 saturated heterocycles. The lowest BCUT2D eigenvalue weighted by molar-refractivity contribution is -0.139. The molecule has 1 fully saturated rings. The lowest BCUT2D eigenvalue weighted by atomic mass is 10.1. The first-order valence-electron chi connectivity index (χ1n) is 14.4. The van der Waals surface area contributed by atoms with Crippen molar-refractivity contribution in [2.24, 2.45) is 0 Å². The summed E-state index contributed by atoms with van der Waals surface area (Å²) in [5.74, 6) is -0.0505. The number of nitrogens with one attached hydrogen (secondary N) is 1. The molecular weight excluding hydrogens is 550 g/mol. The van der Waals surface area contributed by atoms with Gasteiger partial charge in [0.1, 0.15) is 18.3 Å². The van der Waals surface area contributed by atoms with E-state index < -0.39 is 28.5 Å². The zero-order chi connectivity index (χ0) is 30.4. The maximum atomic E-state index is 14.1. The highest BCUT2D eigenvalue weighted by atomic mass is 32.2. The molecule has 1 aliphatic rings. The fourth-order valence-electron chi connectivity index (χ4n) is 5.15. The lowest BCUT2D eigenvalue weighted by Gasteiger charge is -2.32. The molecule has 0 aromatic heterocycles. The van der Waals surface area contributed by atoms with Crippen LogP contribution < -0.4 is 14.4 Å². The second-order valence-electron chi connectivity index (χ2n) is 11.1. The Labute approximate surface area is 249 Å². The smallest absolute Gasteiger partial charge is 0.264 e. The molecule has 8 nitrogen and oxygen atoms in total. The Hall–Kier alpha value is -3.85. The van der Waals surface area contributed by atoms with Crippen LogP contribution >= 0.6 is 0 Å². The van der Waals surface area contributed by atoms with Gasteiger partial charge in [-0.05, 0) is 93.6 Å². The monoisotopic (exact) mass is 591 g/mol. The number of aryl methyl sites for hydroxylation is 3. The quantitative estimate of drug-likeness (QED) is 0.327. The molecule has 1 atom stereocenters. The van der Waals surface area contributed by atoms with Crippen LogP contribution in [0.15, 0.2) is 71.6 Å². The van der Waals surface area contributed by atoms with Crippen LogP contribution in [0.4, 0.5) is 5.69 Å². The highest BCUT2D eigenvalue weighted by molar-refractivity contribution is 7.92. The molecule has 42 heavy (non-hydrogen) atoms. The van der Waals surface area contributed by atoms with E-state index in [0.717, 1.165) is 52.2 Å². The number of amides is 2. The van der Waals surface area contributed by atoms with Crippen LogP contribution in [0.5, 0.6) is 5.75 Å². The summed E-state index contributed by atoms with van der Waals surface area (Å²) in [6.07, 6.45) is 3.96. The van der Waals surface area contributed by atoms with Gasteiger partial charge in [0.15, 0.2) is 0 Å². The van der Waals surface area contributed by atoms with Crippen molar-refractivity contribution < 1.29 is 22.7 Å². The van der Waals surface area contributed by atoms with Crippen molar-refractivity contribution in [3.63, 3.8) is 0 Å². The molecule has 0 spiro atoms. The molecule has 0 radical (unpaired) electrons. The molecule has 0 bridgehead atoms. The number of sulfonamides is 1. The third kappa shape index (κ3) is 7.31. The number of methoxy groups -OCH3 is 1. The van der Waals surface area contributed by atoms with Crippen molar-refractivity contribution in [2.75, 3.05) is 18.0 Å². The molecule has 224 valence electrons. The fourth-order valence-corrected chi connectivity index (χ4v) is 6.56. The van der Waals surface area contributed by atoms with Crippen LogP contribution in [0.3, 0.4) is 0 Å². The van der Waals surface area contributed by atoms with E-state index in [0.29, 0.717) is 11.4 Å². The third-order valence-electron chi connectivity index (χ3n) is 8.05. The normalized spacial score (nSPS) is 14.3. The summed E-state index contributed by atoms with van der Waals surface area (Å²) in [6, 6.07) is 18.5. The first-order valence-corrected chi connectivity index (χ1v) is 15.8. The van der Waals surface area contributed by atoms with Crippen molar-refractivity contribution in [3.8, 4) is 5.75 Å². The Kier molecular flexibility index (Phi) is 9.93. The van der Waals surface area contributed by atoms with Gasteiger partial charge in [-0.2, -0.15) is 0 Å². The van der Waals surface area contributed by atoms with Gasteiger partial charge in [-0.3, -0.25) is 13.9 Å². The zero-order valence-electron chi connectivity index (χ0n) is 25.1. The molecule has 3 aromatic carbocycles. The summed E-state index contributed by atoms with van der Waals surface area (Å²) in [5.41, 5.74) is 4.03. The van der Waals surface area contributed by atoms with E-state index in [9.17, 15) is 18.0 Å². The fraction of sp³-hybridized carbons (Fsp3) is 0.394. The molecule has 1 saturated carbocycles. The van der Waals surface area contributed by atoms with Crippen LogP contribution in [0, 0.1) is 20.8 Å². The van der Waals surface area contributed by atoms with Crippen LogP contribution in [-0.2, 0) is 26.2 Å².